The van der Waals surface area contributed by atoms with Gasteiger partial charge in [-0.15, -0.1) is 11.8 Å². The van der Waals surface area contributed by atoms with Crippen molar-refractivity contribution in [3.05, 3.63) is 46.3 Å². The molecule has 4 aliphatic rings. The fraction of sp³-hybridized carbons (Fsp3) is 0.462. The second-order valence-electron chi connectivity index (χ2n) is 10.7. The number of carbonyl (C=O) groups is 4. The summed E-state index contributed by atoms with van der Waals surface area (Å²) in [6.45, 7) is 0.476. The summed E-state index contributed by atoms with van der Waals surface area (Å²) >= 11 is 1.37. The fourth-order valence-corrected chi connectivity index (χ4v) is 7.32. The number of nitrogens with zero attached hydrogens (tertiary/aromatic N) is 4. The number of hydrogen-bond donors (Lipinski definition) is 3. The number of halogens is 3. The van der Waals surface area contributed by atoms with Crippen LogP contribution in [-0.2, 0) is 25.6 Å². The molecule has 0 bridgehead atoms. The van der Waals surface area contributed by atoms with E-state index in [9.17, 15) is 33.8 Å². The van der Waals surface area contributed by atoms with Gasteiger partial charge in [0.25, 0.3) is 5.91 Å². The van der Waals surface area contributed by atoms with Gasteiger partial charge in [-0.05, 0) is 11.6 Å². The molecule has 4 aliphatic heterocycles. The minimum atomic E-state index is -1.25. The van der Waals surface area contributed by atoms with Gasteiger partial charge in [0, 0.05) is 23.9 Å². The Labute approximate surface area is 237 Å². The predicted octanol–water partition coefficient (Wildman–Crippen LogP) is 0.900. The van der Waals surface area contributed by atoms with E-state index in [0.717, 1.165) is 6.07 Å². The highest BCUT2D eigenvalue weighted by atomic mass is 32.2. The third kappa shape index (κ3) is 5.01. The number of carboxylic acids is 2. The molecule has 5 rings (SSSR count). The van der Waals surface area contributed by atoms with Crippen molar-refractivity contribution in [3.63, 3.8) is 0 Å². The molecule has 0 aliphatic carbocycles. The number of piperazine rings is 1. The number of thioether (sulfide) groups is 1. The summed E-state index contributed by atoms with van der Waals surface area (Å²) in [4.78, 5) is 51.0. The van der Waals surface area contributed by atoms with Crippen molar-refractivity contribution >= 4 is 47.4 Å². The average Bonchev–Trinajstić information content (AvgIpc) is 2.92. The number of hydrogen-bond acceptors (Lipinski definition) is 7. The lowest BCUT2D eigenvalue weighted by Crippen LogP contribution is -2.70. The molecule has 1 aromatic carbocycles. The quantitative estimate of drug-likeness (QED) is 0.216. The Kier molecular flexibility index (Phi) is 7.68. The lowest BCUT2D eigenvalue weighted by Gasteiger charge is -2.50. The molecule has 1 aromatic rings. The highest BCUT2D eigenvalue weighted by Gasteiger charge is 2.54. The Hall–Kier alpha value is -3.72. The SMILES string of the molecule is C[N+]1(CC2=C(C(=O)O)N3C(=O)C(NC=O)C3SC2)CCN(c2c(F)cc3c(c2F)N(CCF)C=C(C(=O)O)C3)CC1. The lowest BCUT2D eigenvalue weighted by molar-refractivity contribution is -0.905. The van der Waals surface area contributed by atoms with Gasteiger partial charge in [0.2, 0.25) is 6.41 Å². The van der Waals surface area contributed by atoms with Gasteiger partial charge in [-0.3, -0.25) is 14.5 Å². The number of β-lactam (4-membered cyclic amide) rings is 1. The maximum absolute atomic E-state index is 15.8. The Bertz CT molecular complexity index is 1380. The van der Waals surface area contributed by atoms with Crippen molar-refractivity contribution in [2.24, 2.45) is 0 Å². The van der Waals surface area contributed by atoms with Crippen LogP contribution in [0, 0.1) is 11.6 Å². The molecule has 0 aromatic heterocycles. The summed E-state index contributed by atoms with van der Waals surface area (Å²) in [6, 6.07) is 0.337. The first kappa shape index (κ1) is 28.8. The van der Waals surface area contributed by atoms with Gasteiger partial charge in [0.05, 0.1) is 51.0 Å². The summed E-state index contributed by atoms with van der Waals surface area (Å²) in [6.07, 6.45) is 1.41. The van der Waals surface area contributed by atoms with Crippen LogP contribution in [-0.4, -0.2) is 114 Å². The number of likely N-dealkylation sites (N-methyl/N-ethyl adjacent to an activating group) is 1. The summed E-state index contributed by atoms with van der Waals surface area (Å²) < 4.78 is 44.8. The molecule has 2 saturated heterocycles. The van der Waals surface area contributed by atoms with Crippen LogP contribution in [0.15, 0.2) is 29.1 Å². The molecule has 2 fully saturated rings. The largest absolute Gasteiger partial charge is 0.478 e. The van der Waals surface area contributed by atoms with Crippen LogP contribution < -0.4 is 15.1 Å². The molecule has 4 heterocycles. The molecular formula is C26H29F3N5O6S+. The number of anilines is 2. The van der Waals surface area contributed by atoms with Crippen LogP contribution >= 0.6 is 11.8 Å². The zero-order valence-electron chi connectivity index (χ0n) is 22.1. The number of amides is 2. The monoisotopic (exact) mass is 596 g/mol. The molecule has 11 nitrogen and oxygen atoms in total. The van der Waals surface area contributed by atoms with Crippen molar-refractivity contribution in [2.45, 2.75) is 17.8 Å². The van der Waals surface area contributed by atoms with E-state index in [1.54, 1.807) is 4.90 Å². The number of carbonyl (C=O) groups excluding carboxylic acids is 2. The van der Waals surface area contributed by atoms with Gasteiger partial charge in [-0.2, -0.15) is 0 Å². The standard InChI is InChI=1S/C26H28F3N5O6S/c1-34(11-16-12-41-24-19(30-13-35)23(36)33(24)21(16)26(39)40)6-4-31(5-7-34)22-17(28)9-14-8-15(25(37)38)10-32(3-2-27)20(14)18(22)29/h9-10,13,19,24H,2-8,11-12H2,1H3,(H2-,30,35,37,38,39,40)/p+1. The highest BCUT2D eigenvalue weighted by molar-refractivity contribution is 8.00. The van der Waals surface area contributed by atoms with Crippen molar-refractivity contribution in [1.29, 1.82) is 0 Å². The Balaban J connectivity index is 1.35. The number of rotatable bonds is 9. The van der Waals surface area contributed by atoms with E-state index in [1.165, 1.54) is 27.8 Å². The topological polar surface area (TPSA) is 130 Å². The molecule has 2 atom stereocenters. The molecular weight excluding hydrogens is 567 g/mol. The molecule has 220 valence electrons. The van der Waals surface area contributed by atoms with Crippen molar-refractivity contribution in [2.75, 3.05) is 68.5 Å². The summed E-state index contributed by atoms with van der Waals surface area (Å²) in [7, 11) is 1.91. The number of nitrogens with one attached hydrogen (secondary N) is 1. The zero-order valence-corrected chi connectivity index (χ0v) is 22.9. The molecule has 15 heteroatoms. The Morgan fingerprint density at radius 1 is 1.20 bits per heavy atom. The number of fused-ring (bicyclic) bond motifs is 2. The normalized spacial score (nSPS) is 23.4. The first-order chi connectivity index (χ1) is 19.5. The molecule has 2 unspecified atom stereocenters. The van der Waals surface area contributed by atoms with Crippen molar-refractivity contribution < 1.29 is 47.0 Å². The number of aliphatic carboxylic acids is 2. The smallest absolute Gasteiger partial charge is 0.352 e. The summed E-state index contributed by atoms with van der Waals surface area (Å²) in [5.41, 5.74) is 0.203. The minimum absolute atomic E-state index is 0.0431. The molecule has 2 amide bonds. The molecule has 3 N–H and O–H groups in total. The molecule has 0 spiro atoms. The number of quaternary nitrogens is 1. The Morgan fingerprint density at radius 2 is 1.90 bits per heavy atom. The van der Waals surface area contributed by atoms with E-state index in [1.807, 2.05) is 7.05 Å². The van der Waals surface area contributed by atoms with Gasteiger partial charge < -0.3 is 29.8 Å². The van der Waals surface area contributed by atoms with E-state index in [4.69, 9.17) is 0 Å². The van der Waals surface area contributed by atoms with Gasteiger partial charge >= 0.3 is 11.9 Å². The van der Waals surface area contributed by atoms with Crippen LogP contribution in [0.3, 0.4) is 0 Å². The van der Waals surface area contributed by atoms with Crippen LogP contribution in [0.5, 0.6) is 0 Å². The minimum Gasteiger partial charge on any atom is -0.478 e. The predicted molar refractivity (Wildman–Crippen MR) is 143 cm³/mol. The van der Waals surface area contributed by atoms with Gasteiger partial charge in [0.1, 0.15) is 41.8 Å². The van der Waals surface area contributed by atoms with E-state index < -0.39 is 47.6 Å². The summed E-state index contributed by atoms with van der Waals surface area (Å²) in [5.74, 6) is -4.34. The maximum Gasteiger partial charge on any atom is 0.352 e. The number of benzene rings is 1. The van der Waals surface area contributed by atoms with Gasteiger partial charge in [-0.25, -0.2) is 22.8 Å². The number of carboxylic acid groups (broad SMARTS) is 2. The lowest BCUT2D eigenvalue weighted by atomic mass is 9.97. The van der Waals surface area contributed by atoms with Crippen LogP contribution in [0.1, 0.15) is 5.56 Å². The van der Waals surface area contributed by atoms with Gasteiger partial charge in [-0.1, -0.05) is 0 Å². The van der Waals surface area contributed by atoms with E-state index in [2.05, 4.69) is 5.32 Å². The van der Waals surface area contributed by atoms with Crippen LogP contribution in [0.25, 0.3) is 0 Å². The number of alkyl halides is 1. The van der Waals surface area contributed by atoms with E-state index in [-0.39, 0.29) is 54.3 Å². The highest BCUT2D eigenvalue weighted by Crippen LogP contribution is 2.42. The zero-order chi connectivity index (χ0) is 29.6. The van der Waals surface area contributed by atoms with E-state index in [0.29, 0.717) is 41.9 Å². The van der Waals surface area contributed by atoms with Crippen molar-refractivity contribution in [3.8, 4) is 0 Å². The average molecular weight is 597 g/mol. The molecule has 41 heavy (non-hydrogen) atoms. The second-order valence-corrected chi connectivity index (χ2v) is 11.8. The van der Waals surface area contributed by atoms with Crippen molar-refractivity contribution in [1.82, 2.24) is 10.2 Å². The molecule has 0 radical (unpaired) electrons. The second kappa shape index (κ2) is 10.9. The van der Waals surface area contributed by atoms with Crippen LogP contribution in [0.2, 0.25) is 0 Å². The third-order valence-electron chi connectivity index (χ3n) is 8.03. The van der Waals surface area contributed by atoms with Crippen LogP contribution in [0.4, 0.5) is 24.5 Å². The maximum atomic E-state index is 15.8. The van der Waals surface area contributed by atoms with E-state index >= 15 is 8.78 Å². The Morgan fingerprint density at radius 3 is 2.51 bits per heavy atom. The molecule has 0 saturated carbocycles. The van der Waals surface area contributed by atoms with Gasteiger partial charge in [0.15, 0.2) is 5.82 Å². The third-order valence-corrected chi connectivity index (χ3v) is 9.37. The first-order valence-electron chi connectivity index (χ1n) is 12.9. The fourth-order valence-electron chi connectivity index (χ4n) is 5.97. The first-order valence-corrected chi connectivity index (χ1v) is 14.0. The summed E-state index contributed by atoms with van der Waals surface area (Å²) in [5, 5.41) is 21.2.